The first-order valence-electron chi connectivity index (χ1n) is 8.77. The fourth-order valence-electron chi connectivity index (χ4n) is 2.78. The second kappa shape index (κ2) is 9.16. The van der Waals surface area contributed by atoms with Gasteiger partial charge in [-0.2, -0.15) is 0 Å². The molecule has 0 bridgehead atoms. The van der Waals surface area contributed by atoms with Gasteiger partial charge in [0.05, 0.1) is 32.1 Å². The summed E-state index contributed by atoms with van der Waals surface area (Å²) in [5.41, 5.74) is 2.20. The second-order valence-corrected chi connectivity index (χ2v) is 6.03. The molecule has 7 nitrogen and oxygen atoms in total. The van der Waals surface area contributed by atoms with Gasteiger partial charge < -0.3 is 24.8 Å². The molecule has 0 radical (unpaired) electrons. The van der Waals surface area contributed by atoms with E-state index in [2.05, 4.69) is 5.32 Å². The van der Waals surface area contributed by atoms with Crippen molar-refractivity contribution >= 4 is 17.5 Å². The highest BCUT2D eigenvalue weighted by Gasteiger charge is 2.25. The number of rotatable bonds is 8. The molecule has 1 heterocycles. The van der Waals surface area contributed by atoms with E-state index in [9.17, 15) is 9.59 Å². The minimum absolute atomic E-state index is 0.0237. The van der Waals surface area contributed by atoms with E-state index in [1.54, 1.807) is 17.0 Å². The number of para-hydroxylation sites is 2. The third-order valence-corrected chi connectivity index (χ3v) is 4.13. The van der Waals surface area contributed by atoms with Crippen LogP contribution in [0.2, 0.25) is 0 Å². The Morgan fingerprint density at radius 1 is 1.15 bits per heavy atom. The molecule has 0 saturated heterocycles. The lowest BCUT2D eigenvalue weighted by Gasteiger charge is -2.29. The van der Waals surface area contributed by atoms with Crippen LogP contribution in [-0.4, -0.2) is 49.9 Å². The Kier molecular flexibility index (Phi) is 6.40. The Bertz CT molecular complexity index is 791. The van der Waals surface area contributed by atoms with Crippen LogP contribution in [-0.2, 0) is 16.1 Å². The molecular formula is C20H22N2O5. The minimum Gasteiger partial charge on any atom is -0.482 e. The molecule has 7 heteroatoms. The first-order chi connectivity index (χ1) is 13.2. The van der Waals surface area contributed by atoms with E-state index in [1.165, 1.54) is 0 Å². The Balaban J connectivity index is 1.59. The van der Waals surface area contributed by atoms with Crippen molar-refractivity contribution in [3.05, 3.63) is 59.7 Å². The van der Waals surface area contributed by atoms with Crippen molar-refractivity contribution in [3.8, 4) is 5.75 Å². The van der Waals surface area contributed by atoms with Crippen molar-refractivity contribution in [2.75, 3.05) is 37.9 Å². The number of benzene rings is 2. The summed E-state index contributed by atoms with van der Waals surface area (Å²) >= 11 is 0. The first-order valence-corrected chi connectivity index (χ1v) is 8.77. The molecule has 0 atom stereocenters. The zero-order chi connectivity index (χ0) is 19.1. The molecule has 2 amide bonds. The summed E-state index contributed by atoms with van der Waals surface area (Å²) in [6.07, 6.45) is 0. The van der Waals surface area contributed by atoms with Crippen molar-refractivity contribution in [1.82, 2.24) is 5.32 Å². The van der Waals surface area contributed by atoms with E-state index in [4.69, 9.17) is 14.6 Å². The van der Waals surface area contributed by atoms with Crippen LogP contribution < -0.4 is 15.0 Å². The summed E-state index contributed by atoms with van der Waals surface area (Å²) in [7, 11) is 0. The van der Waals surface area contributed by atoms with Crippen molar-refractivity contribution < 1.29 is 24.2 Å². The number of fused-ring (bicyclic) bond motifs is 1. The summed E-state index contributed by atoms with van der Waals surface area (Å²) in [6.45, 7) is 1.38. The number of amides is 2. The largest absolute Gasteiger partial charge is 0.482 e. The topological polar surface area (TPSA) is 88.1 Å². The van der Waals surface area contributed by atoms with Crippen LogP contribution in [0, 0.1) is 0 Å². The predicted octanol–water partition coefficient (Wildman–Crippen LogP) is 1.35. The fourth-order valence-corrected chi connectivity index (χ4v) is 2.78. The molecule has 27 heavy (non-hydrogen) atoms. The quantitative estimate of drug-likeness (QED) is 0.685. The van der Waals surface area contributed by atoms with Crippen LogP contribution in [0.4, 0.5) is 5.69 Å². The molecule has 0 spiro atoms. The van der Waals surface area contributed by atoms with E-state index < -0.39 is 0 Å². The average Bonchev–Trinajstić information content (AvgIpc) is 2.70. The van der Waals surface area contributed by atoms with Crippen LogP contribution in [0.3, 0.4) is 0 Å². The number of anilines is 1. The lowest BCUT2D eigenvalue weighted by Crippen LogP contribution is -2.38. The lowest BCUT2D eigenvalue weighted by molar-refractivity contribution is -0.121. The number of carbonyl (C=O) groups excluding carboxylic acids is 2. The Morgan fingerprint density at radius 2 is 1.93 bits per heavy atom. The number of nitrogens with zero attached hydrogens (tertiary/aromatic N) is 1. The van der Waals surface area contributed by atoms with E-state index >= 15 is 0 Å². The van der Waals surface area contributed by atoms with Gasteiger partial charge in [-0.05, 0) is 29.8 Å². The minimum atomic E-state index is -0.193. The molecule has 3 rings (SSSR count). The van der Waals surface area contributed by atoms with Crippen molar-refractivity contribution in [2.45, 2.75) is 6.54 Å². The van der Waals surface area contributed by atoms with Gasteiger partial charge in [0, 0.05) is 12.1 Å². The first kappa shape index (κ1) is 18.9. The maximum Gasteiger partial charge on any atom is 0.265 e. The summed E-state index contributed by atoms with van der Waals surface area (Å²) in [4.78, 5) is 26.0. The van der Waals surface area contributed by atoms with Gasteiger partial charge >= 0.3 is 0 Å². The summed E-state index contributed by atoms with van der Waals surface area (Å²) in [5.74, 6) is 0.400. The summed E-state index contributed by atoms with van der Waals surface area (Å²) in [6, 6.07) is 14.6. The monoisotopic (exact) mass is 370 g/mol. The number of carbonyl (C=O) groups is 2. The van der Waals surface area contributed by atoms with Gasteiger partial charge in [-0.15, -0.1) is 0 Å². The molecule has 2 N–H and O–H groups in total. The molecule has 0 aliphatic carbocycles. The van der Waals surface area contributed by atoms with Gasteiger partial charge in [0.1, 0.15) is 5.75 Å². The molecular weight excluding hydrogens is 348 g/mol. The zero-order valence-electron chi connectivity index (χ0n) is 14.9. The molecule has 0 saturated carbocycles. The van der Waals surface area contributed by atoms with Gasteiger partial charge in [0.15, 0.2) is 6.61 Å². The highest BCUT2D eigenvalue weighted by atomic mass is 16.5. The maximum atomic E-state index is 12.2. The van der Waals surface area contributed by atoms with Crippen LogP contribution >= 0.6 is 0 Å². The molecule has 0 aromatic heterocycles. The molecule has 142 valence electrons. The number of nitrogens with one attached hydrogen (secondary N) is 1. The second-order valence-electron chi connectivity index (χ2n) is 6.03. The Labute approximate surface area is 157 Å². The van der Waals surface area contributed by atoms with E-state index in [0.717, 1.165) is 11.3 Å². The van der Waals surface area contributed by atoms with Gasteiger partial charge in [-0.25, -0.2) is 0 Å². The van der Waals surface area contributed by atoms with Crippen LogP contribution in [0.1, 0.15) is 15.9 Å². The Hall–Kier alpha value is -2.90. The Morgan fingerprint density at radius 3 is 2.70 bits per heavy atom. The number of hydrogen-bond acceptors (Lipinski definition) is 5. The molecule has 2 aromatic carbocycles. The van der Waals surface area contributed by atoms with Crippen molar-refractivity contribution in [1.29, 1.82) is 0 Å². The normalized spacial score (nSPS) is 13.1. The van der Waals surface area contributed by atoms with E-state index in [-0.39, 0.29) is 31.6 Å². The molecule has 0 fully saturated rings. The summed E-state index contributed by atoms with van der Waals surface area (Å²) in [5, 5.41) is 11.4. The van der Waals surface area contributed by atoms with E-state index in [1.807, 2.05) is 36.4 Å². The SMILES string of the molecule is O=C(NCCOCCO)c1ccc(CN2C(=O)COc3ccccc32)cc1. The highest BCUT2D eigenvalue weighted by Crippen LogP contribution is 2.32. The van der Waals surface area contributed by atoms with E-state index in [0.29, 0.717) is 31.0 Å². The number of ether oxygens (including phenoxy) is 2. The average molecular weight is 370 g/mol. The van der Waals surface area contributed by atoms with Crippen molar-refractivity contribution in [3.63, 3.8) is 0 Å². The van der Waals surface area contributed by atoms with Gasteiger partial charge in [-0.3, -0.25) is 9.59 Å². The summed E-state index contributed by atoms with van der Waals surface area (Å²) < 4.78 is 10.5. The van der Waals surface area contributed by atoms with Crippen molar-refractivity contribution in [2.24, 2.45) is 0 Å². The van der Waals surface area contributed by atoms with Gasteiger partial charge in [0.25, 0.3) is 11.8 Å². The molecule has 1 aliphatic rings. The predicted molar refractivity (Wildman–Crippen MR) is 99.8 cm³/mol. The van der Waals surface area contributed by atoms with Crippen LogP contribution in [0.5, 0.6) is 5.75 Å². The number of hydrogen-bond donors (Lipinski definition) is 2. The zero-order valence-corrected chi connectivity index (χ0v) is 14.9. The fraction of sp³-hybridized carbons (Fsp3) is 0.300. The van der Waals surface area contributed by atoms with Gasteiger partial charge in [-0.1, -0.05) is 24.3 Å². The molecule has 2 aromatic rings. The molecule has 1 aliphatic heterocycles. The number of aliphatic hydroxyl groups excluding tert-OH is 1. The van der Waals surface area contributed by atoms with Crippen LogP contribution in [0.25, 0.3) is 0 Å². The third kappa shape index (κ3) is 4.84. The third-order valence-electron chi connectivity index (χ3n) is 4.13. The smallest absolute Gasteiger partial charge is 0.265 e. The van der Waals surface area contributed by atoms with Crippen LogP contribution in [0.15, 0.2) is 48.5 Å². The highest BCUT2D eigenvalue weighted by molar-refractivity contribution is 5.98. The number of aliphatic hydroxyl groups is 1. The lowest BCUT2D eigenvalue weighted by atomic mass is 10.1. The molecule has 0 unspecified atom stereocenters. The standard InChI is InChI=1S/C20H22N2O5/c23-10-12-26-11-9-21-20(25)16-7-5-15(6-8-16)13-22-17-3-1-2-4-18(17)27-14-19(22)24/h1-8,23H,9-14H2,(H,21,25). The van der Waals surface area contributed by atoms with Gasteiger partial charge in [0.2, 0.25) is 0 Å². The maximum absolute atomic E-state index is 12.2.